The summed E-state index contributed by atoms with van der Waals surface area (Å²) in [5.74, 6) is -0.863. The lowest BCUT2D eigenvalue weighted by atomic mass is 10.1. The van der Waals surface area contributed by atoms with Crippen LogP contribution in [-0.4, -0.2) is 10.7 Å². The van der Waals surface area contributed by atoms with Crippen molar-refractivity contribution in [2.45, 2.75) is 0 Å². The maximum Gasteiger partial charge on any atom is 0.433 e. The van der Waals surface area contributed by atoms with Gasteiger partial charge in [-0.05, 0) is 6.07 Å². The van der Waals surface area contributed by atoms with E-state index in [0.717, 1.165) is 12.1 Å². The van der Waals surface area contributed by atoms with Crippen molar-refractivity contribution >= 4 is 17.2 Å². The molecule has 0 aliphatic heterocycles. The molecule has 1 aromatic heterocycles. The third-order valence-corrected chi connectivity index (χ3v) is 2.49. The Labute approximate surface area is 113 Å². The lowest BCUT2D eigenvalue weighted by Gasteiger charge is -1.95. The van der Waals surface area contributed by atoms with Gasteiger partial charge in [-0.15, -0.1) is 0 Å². The Morgan fingerprint density at radius 1 is 1.25 bits per heavy atom. The number of nitro groups is 1. The van der Waals surface area contributed by atoms with Gasteiger partial charge in [0, 0.05) is 11.6 Å². The van der Waals surface area contributed by atoms with Crippen molar-refractivity contribution in [2.24, 2.45) is 0 Å². The van der Waals surface area contributed by atoms with Gasteiger partial charge in [-0.3, -0.25) is 14.9 Å². The van der Waals surface area contributed by atoms with E-state index in [0.29, 0.717) is 5.56 Å². The highest BCUT2D eigenvalue weighted by Crippen LogP contribution is 2.22. The quantitative estimate of drug-likeness (QED) is 0.279. The molecule has 0 unspecified atom stereocenters. The zero-order valence-electron chi connectivity index (χ0n) is 10.1. The van der Waals surface area contributed by atoms with E-state index in [4.69, 9.17) is 9.68 Å². The summed E-state index contributed by atoms with van der Waals surface area (Å²) < 4.78 is 4.89. The molecule has 20 heavy (non-hydrogen) atoms. The Morgan fingerprint density at radius 3 is 2.50 bits per heavy atom. The molecule has 0 saturated carbocycles. The van der Waals surface area contributed by atoms with E-state index in [-0.39, 0.29) is 17.1 Å². The molecule has 2 aromatic rings. The molecule has 6 heteroatoms. The maximum atomic E-state index is 11.9. The maximum absolute atomic E-state index is 11.9. The van der Waals surface area contributed by atoms with E-state index in [2.05, 4.69) is 0 Å². The van der Waals surface area contributed by atoms with Crippen molar-refractivity contribution in [3.63, 3.8) is 0 Å². The summed E-state index contributed by atoms with van der Waals surface area (Å²) in [4.78, 5) is 21.7. The molecule has 1 heterocycles. The number of benzene rings is 1. The highest BCUT2D eigenvalue weighted by Gasteiger charge is 2.15. The molecule has 0 N–H and O–H groups in total. The predicted octanol–water partition coefficient (Wildman–Crippen LogP) is 2.98. The number of allylic oxidation sites excluding steroid dienone is 2. The third kappa shape index (κ3) is 2.79. The first kappa shape index (κ1) is 13.2. The van der Waals surface area contributed by atoms with Crippen LogP contribution in [0.25, 0.3) is 5.57 Å². The first-order chi connectivity index (χ1) is 9.61. The highest BCUT2D eigenvalue weighted by molar-refractivity contribution is 6.09. The van der Waals surface area contributed by atoms with E-state index in [9.17, 15) is 14.9 Å². The second-order valence-corrected chi connectivity index (χ2v) is 3.80. The van der Waals surface area contributed by atoms with E-state index in [1.165, 1.54) is 6.07 Å². The number of hydrogen-bond donors (Lipinski definition) is 0. The zero-order valence-corrected chi connectivity index (χ0v) is 10.1. The Hall–Kier alpha value is -3.20. The average Bonchev–Trinajstić information content (AvgIpc) is 2.95. The Morgan fingerprint density at radius 2 is 1.95 bits per heavy atom. The van der Waals surface area contributed by atoms with E-state index in [1.807, 2.05) is 0 Å². The van der Waals surface area contributed by atoms with Crippen LogP contribution in [0, 0.1) is 21.4 Å². The minimum atomic E-state index is -0.711. The van der Waals surface area contributed by atoms with Crippen molar-refractivity contribution in [3.8, 4) is 6.07 Å². The SMILES string of the molecule is N#C/C(=C/C(=O)c1ccccc1)c1ccc([N+](=O)[O-])o1. The molecule has 0 atom stereocenters. The number of carbonyl (C=O) groups excluding carboxylic acids is 1. The molecule has 0 spiro atoms. The summed E-state index contributed by atoms with van der Waals surface area (Å²) in [7, 11) is 0. The second-order valence-electron chi connectivity index (χ2n) is 3.80. The van der Waals surface area contributed by atoms with Crippen LogP contribution in [0.1, 0.15) is 16.1 Å². The number of nitriles is 1. The Kier molecular flexibility index (Phi) is 3.72. The lowest BCUT2D eigenvalue weighted by molar-refractivity contribution is -0.402. The van der Waals surface area contributed by atoms with Gasteiger partial charge < -0.3 is 4.42 Å². The van der Waals surface area contributed by atoms with E-state index in [1.54, 1.807) is 36.4 Å². The minimum Gasteiger partial charge on any atom is -0.400 e. The van der Waals surface area contributed by atoms with Crippen LogP contribution in [-0.2, 0) is 0 Å². The first-order valence-corrected chi connectivity index (χ1v) is 5.57. The average molecular weight is 268 g/mol. The summed E-state index contributed by atoms with van der Waals surface area (Å²) in [6.45, 7) is 0. The van der Waals surface area contributed by atoms with E-state index >= 15 is 0 Å². The highest BCUT2D eigenvalue weighted by atomic mass is 16.6. The molecule has 0 amide bonds. The van der Waals surface area contributed by atoms with Gasteiger partial charge in [0.15, 0.2) is 11.5 Å². The molecule has 0 aliphatic carbocycles. The smallest absolute Gasteiger partial charge is 0.400 e. The van der Waals surface area contributed by atoms with Gasteiger partial charge in [0.1, 0.15) is 11.0 Å². The number of nitrogens with zero attached hydrogens (tertiary/aromatic N) is 2. The molecule has 6 nitrogen and oxygen atoms in total. The molecule has 0 aliphatic rings. The molecule has 0 radical (unpaired) electrons. The summed E-state index contributed by atoms with van der Waals surface area (Å²) in [5.41, 5.74) is 0.355. The fourth-order valence-electron chi connectivity index (χ4n) is 1.55. The van der Waals surface area contributed by atoms with Crippen LogP contribution in [0.3, 0.4) is 0 Å². The van der Waals surface area contributed by atoms with Crippen LogP contribution in [0.2, 0.25) is 0 Å². The Balaban J connectivity index is 2.32. The summed E-state index contributed by atoms with van der Waals surface area (Å²) >= 11 is 0. The van der Waals surface area contributed by atoms with Crippen molar-refractivity contribution in [3.05, 3.63) is 70.0 Å². The minimum absolute atomic E-state index is 0.0107. The number of ketones is 1. The van der Waals surface area contributed by atoms with Crippen molar-refractivity contribution in [1.82, 2.24) is 0 Å². The van der Waals surface area contributed by atoms with Crippen molar-refractivity contribution in [1.29, 1.82) is 5.26 Å². The largest absolute Gasteiger partial charge is 0.433 e. The van der Waals surface area contributed by atoms with Gasteiger partial charge in [-0.2, -0.15) is 5.26 Å². The van der Waals surface area contributed by atoms with E-state index < -0.39 is 10.8 Å². The van der Waals surface area contributed by atoms with Gasteiger partial charge in [0.25, 0.3) is 0 Å². The van der Waals surface area contributed by atoms with Crippen LogP contribution < -0.4 is 0 Å². The molecular weight excluding hydrogens is 260 g/mol. The summed E-state index contributed by atoms with van der Waals surface area (Å²) in [6.07, 6.45) is 1.10. The van der Waals surface area contributed by atoms with Gasteiger partial charge in [-0.1, -0.05) is 30.3 Å². The van der Waals surface area contributed by atoms with Gasteiger partial charge >= 0.3 is 5.88 Å². The number of furan rings is 1. The van der Waals surface area contributed by atoms with Crippen molar-refractivity contribution < 1.29 is 14.1 Å². The fraction of sp³-hybridized carbons (Fsp3) is 0. The molecule has 98 valence electrons. The Bertz CT molecular complexity index is 723. The third-order valence-electron chi connectivity index (χ3n) is 2.49. The second kappa shape index (κ2) is 5.63. The number of rotatable bonds is 4. The number of hydrogen-bond acceptors (Lipinski definition) is 5. The normalized spacial score (nSPS) is 10.8. The van der Waals surface area contributed by atoms with Gasteiger partial charge in [0.05, 0.1) is 11.6 Å². The van der Waals surface area contributed by atoms with Crippen LogP contribution in [0.15, 0.2) is 53.0 Å². The van der Waals surface area contributed by atoms with Crippen LogP contribution in [0.5, 0.6) is 0 Å². The predicted molar refractivity (Wildman–Crippen MR) is 69.7 cm³/mol. The topological polar surface area (TPSA) is 97.1 Å². The van der Waals surface area contributed by atoms with Gasteiger partial charge in [-0.25, -0.2) is 0 Å². The molecular formula is C14H8N2O4. The summed E-state index contributed by atoms with van der Waals surface area (Å²) in [5, 5.41) is 19.5. The zero-order chi connectivity index (χ0) is 14.5. The first-order valence-electron chi connectivity index (χ1n) is 5.57. The fourth-order valence-corrected chi connectivity index (χ4v) is 1.55. The monoisotopic (exact) mass is 268 g/mol. The molecule has 0 saturated heterocycles. The standard InChI is InChI=1S/C14H8N2O4/c15-9-11(13-6-7-14(20-13)16(18)19)8-12(17)10-4-2-1-3-5-10/h1-8H/b11-8-. The van der Waals surface area contributed by atoms with Crippen molar-refractivity contribution in [2.75, 3.05) is 0 Å². The molecule has 1 aromatic carbocycles. The lowest BCUT2D eigenvalue weighted by Crippen LogP contribution is -1.95. The molecule has 0 fully saturated rings. The number of carbonyl (C=O) groups is 1. The molecule has 0 bridgehead atoms. The van der Waals surface area contributed by atoms with Gasteiger partial charge in [0.2, 0.25) is 0 Å². The van der Waals surface area contributed by atoms with Crippen LogP contribution >= 0.6 is 0 Å². The summed E-state index contributed by atoms with van der Waals surface area (Å²) in [6, 6.07) is 12.6. The molecule has 2 rings (SSSR count). The van der Waals surface area contributed by atoms with Crippen LogP contribution in [0.4, 0.5) is 5.88 Å².